The van der Waals surface area contributed by atoms with Crippen molar-refractivity contribution in [1.29, 1.82) is 0 Å². The number of ether oxygens (including phenoxy) is 1. The fourth-order valence-corrected chi connectivity index (χ4v) is 3.26. The van der Waals surface area contributed by atoms with Gasteiger partial charge in [-0.15, -0.1) is 0 Å². The highest BCUT2D eigenvalue weighted by Crippen LogP contribution is 2.25. The molecule has 0 saturated carbocycles. The van der Waals surface area contributed by atoms with Gasteiger partial charge in [0.05, 0.1) is 30.1 Å². The molecular weight excluding hydrogens is 328 g/mol. The number of piperidine rings is 1. The molecule has 26 heavy (non-hydrogen) atoms. The molecule has 1 aliphatic heterocycles. The predicted octanol–water partition coefficient (Wildman–Crippen LogP) is 2.65. The van der Waals surface area contributed by atoms with Crippen molar-refractivity contribution in [3.05, 3.63) is 48.7 Å². The van der Waals surface area contributed by atoms with Crippen LogP contribution in [0.1, 0.15) is 18.5 Å². The zero-order chi connectivity index (χ0) is 17.8. The van der Waals surface area contributed by atoms with Crippen LogP contribution in [-0.4, -0.2) is 46.2 Å². The molecule has 1 fully saturated rings. The number of rotatable bonds is 5. The van der Waals surface area contributed by atoms with Crippen LogP contribution in [0.25, 0.3) is 10.9 Å². The van der Waals surface area contributed by atoms with E-state index in [9.17, 15) is 0 Å². The maximum atomic E-state index is 5.46. The lowest BCUT2D eigenvalue weighted by Crippen LogP contribution is -2.37. The summed E-state index contributed by atoms with van der Waals surface area (Å²) in [5.41, 5.74) is 1.80. The van der Waals surface area contributed by atoms with Gasteiger partial charge in [0.25, 0.3) is 0 Å². The van der Waals surface area contributed by atoms with E-state index < -0.39 is 0 Å². The van der Waals surface area contributed by atoms with Crippen molar-refractivity contribution in [1.82, 2.24) is 19.9 Å². The number of hydrogen-bond donors (Lipinski definition) is 1. The van der Waals surface area contributed by atoms with Crippen LogP contribution in [0.5, 0.6) is 0 Å². The third kappa shape index (κ3) is 3.57. The minimum Gasteiger partial charge on any atom is -0.381 e. The SMILES string of the molecule is COC1CCN(c2cc3c(NCc4ccccn4)ncnc3cn2)CC1. The van der Waals surface area contributed by atoms with Crippen molar-refractivity contribution in [3.63, 3.8) is 0 Å². The average molecular weight is 350 g/mol. The molecule has 3 aromatic rings. The lowest BCUT2D eigenvalue weighted by molar-refractivity contribution is 0.0818. The van der Waals surface area contributed by atoms with E-state index in [1.165, 1.54) is 0 Å². The monoisotopic (exact) mass is 350 g/mol. The van der Waals surface area contributed by atoms with E-state index in [0.29, 0.717) is 12.6 Å². The molecule has 7 heteroatoms. The van der Waals surface area contributed by atoms with Gasteiger partial charge >= 0.3 is 0 Å². The first-order valence-corrected chi connectivity index (χ1v) is 8.86. The third-order valence-corrected chi connectivity index (χ3v) is 4.77. The Morgan fingerprint density at radius 1 is 1.15 bits per heavy atom. The number of methoxy groups -OCH3 is 1. The number of hydrogen-bond acceptors (Lipinski definition) is 7. The molecule has 0 radical (unpaired) electrons. The fraction of sp³-hybridized carbons (Fsp3) is 0.368. The zero-order valence-electron chi connectivity index (χ0n) is 14.8. The van der Waals surface area contributed by atoms with Gasteiger partial charge in [0, 0.05) is 31.8 Å². The Bertz CT molecular complexity index is 864. The number of anilines is 2. The van der Waals surface area contributed by atoms with Gasteiger partial charge in [0.2, 0.25) is 0 Å². The quantitative estimate of drug-likeness (QED) is 0.758. The van der Waals surface area contributed by atoms with Crippen molar-refractivity contribution in [3.8, 4) is 0 Å². The van der Waals surface area contributed by atoms with Crippen molar-refractivity contribution < 1.29 is 4.74 Å². The molecule has 0 spiro atoms. The highest BCUT2D eigenvalue weighted by atomic mass is 16.5. The van der Waals surface area contributed by atoms with Gasteiger partial charge in [0.15, 0.2) is 0 Å². The van der Waals surface area contributed by atoms with E-state index in [2.05, 4.69) is 36.2 Å². The van der Waals surface area contributed by atoms with Gasteiger partial charge in [-0.1, -0.05) is 6.07 Å². The summed E-state index contributed by atoms with van der Waals surface area (Å²) < 4.78 is 5.46. The Labute approximate surface area is 152 Å². The fourth-order valence-electron chi connectivity index (χ4n) is 3.26. The smallest absolute Gasteiger partial charge is 0.137 e. The Morgan fingerprint density at radius 3 is 2.81 bits per heavy atom. The van der Waals surface area contributed by atoms with Crippen LogP contribution >= 0.6 is 0 Å². The second-order valence-electron chi connectivity index (χ2n) is 6.38. The van der Waals surface area contributed by atoms with Gasteiger partial charge in [-0.05, 0) is 31.0 Å². The summed E-state index contributed by atoms with van der Waals surface area (Å²) in [7, 11) is 1.78. The topological polar surface area (TPSA) is 76.1 Å². The maximum Gasteiger partial charge on any atom is 0.137 e. The van der Waals surface area contributed by atoms with Crippen LogP contribution in [0.2, 0.25) is 0 Å². The largest absolute Gasteiger partial charge is 0.381 e. The molecule has 0 bridgehead atoms. The highest BCUT2D eigenvalue weighted by molar-refractivity contribution is 5.90. The molecule has 7 nitrogen and oxygen atoms in total. The summed E-state index contributed by atoms with van der Waals surface area (Å²) in [5, 5.41) is 4.34. The van der Waals surface area contributed by atoms with Crippen LogP contribution in [0.4, 0.5) is 11.6 Å². The van der Waals surface area contributed by atoms with Crippen molar-refractivity contribution in [2.45, 2.75) is 25.5 Å². The molecule has 134 valence electrons. The predicted molar refractivity (Wildman–Crippen MR) is 101 cm³/mol. The summed E-state index contributed by atoms with van der Waals surface area (Å²) in [6.45, 7) is 2.51. The first kappa shape index (κ1) is 16.7. The Balaban J connectivity index is 1.56. The molecule has 0 unspecified atom stereocenters. The molecule has 3 aromatic heterocycles. The molecule has 4 rings (SSSR count). The molecular formula is C19H22N6O. The number of aromatic nitrogens is 4. The van der Waals surface area contributed by atoms with Crippen molar-refractivity contribution in [2.24, 2.45) is 0 Å². The van der Waals surface area contributed by atoms with E-state index in [1.807, 2.05) is 24.4 Å². The van der Waals surface area contributed by atoms with Crippen LogP contribution < -0.4 is 10.2 Å². The number of fused-ring (bicyclic) bond motifs is 1. The van der Waals surface area contributed by atoms with Crippen LogP contribution in [0.3, 0.4) is 0 Å². The normalized spacial score (nSPS) is 15.3. The number of nitrogens with zero attached hydrogens (tertiary/aromatic N) is 5. The summed E-state index contributed by atoms with van der Waals surface area (Å²) in [6.07, 6.45) is 7.57. The summed E-state index contributed by atoms with van der Waals surface area (Å²) in [6, 6.07) is 7.95. The summed E-state index contributed by atoms with van der Waals surface area (Å²) >= 11 is 0. The molecule has 0 aromatic carbocycles. The second kappa shape index (κ2) is 7.61. The minimum absolute atomic E-state index is 0.352. The van der Waals surface area contributed by atoms with E-state index in [4.69, 9.17) is 4.74 Å². The van der Waals surface area contributed by atoms with Gasteiger partial charge in [-0.25, -0.2) is 15.0 Å². The standard InChI is InChI=1S/C19H22N6O/c1-26-15-5-8-25(9-6-15)18-10-16-17(12-21-18)23-13-24-19(16)22-11-14-4-2-3-7-20-14/h2-4,7,10,12-13,15H,5-6,8-9,11H2,1H3,(H,22,23,24). The summed E-state index contributed by atoms with van der Waals surface area (Å²) in [5.74, 6) is 1.76. The van der Waals surface area contributed by atoms with Gasteiger partial charge in [-0.3, -0.25) is 4.98 Å². The zero-order valence-corrected chi connectivity index (χ0v) is 14.8. The Hall–Kier alpha value is -2.80. The molecule has 1 aliphatic rings. The third-order valence-electron chi connectivity index (χ3n) is 4.77. The van der Waals surface area contributed by atoms with Crippen LogP contribution in [0, 0.1) is 0 Å². The second-order valence-corrected chi connectivity index (χ2v) is 6.38. The highest BCUT2D eigenvalue weighted by Gasteiger charge is 2.20. The minimum atomic E-state index is 0.352. The lowest BCUT2D eigenvalue weighted by atomic mass is 10.1. The Kier molecular flexibility index (Phi) is 4.88. The van der Waals surface area contributed by atoms with Gasteiger partial charge in [-0.2, -0.15) is 0 Å². The molecule has 4 heterocycles. The first-order valence-electron chi connectivity index (χ1n) is 8.86. The van der Waals surface area contributed by atoms with E-state index in [-0.39, 0.29) is 0 Å². The van der Waals surface area contributed by atoms with E-state index >= 15 is 0 Å². The van der Waals surface area contributed by atoms with Gasteiger partial charge in [0.1, 0.15) is 18.0 Å². The van der Waals surface area contributed by atoms with E-state index in [0.717, 1.165) is 54.2 Å². The molecule has 1 N–H and O–H groups in total. The molecule has 0 aliphatic carbocycles. The first-order chi connectivity index (χ1) is 12.8. The number of pyridine rings is 2. The van der Waals surface area contributed by atoms with Gasteiger partial charge < -0.3 is 15.0 Å². The number of nitrogens with one attached hydrogen (secondary N) is 1. The van der Waals surface area contributed by atoms with Crippen molar-refractivity contribution >= 4 is 22.5 Å². The molecule has 1 saturated heterocycles. The lowest BCUT2D eigenvalue weighted by Gasteiger charge is -2.32. The van der Waals surface area contributed by atoms with Crippen LogP contribution in [0.15, 0.2) is 43.0 Å². The average Bonchev–Trinajstić information content (AvgIpc) is 2.72. The Morgan fingerprint density at radius 2 is 2.04 bits per heavy atom. The molecule has 0 amide bonds. The van der Waals surface area contributed by atoms with E-state index in [1.54, 1.807) is 19.6 Å². The summed E-state index contributed by atoms with van der Waals surface area (Å²) in [4.78, 5) is 20.0. The maximum absolute atomic E-state index is 5.46. The van der Waals surface area contributed by atoms with Crippen LogP contribution in [-0.2, 0) is 11.3 Å². The van der Waals surface area contributed by atoms with Crippen molar-refractivity contribution in [2.75, 3.05) is 30.4 Å². The molecule has 0 atom stereocenters.